The largest absolute Gasteiger partial charge is 0.368 e. The molecule has 2 N–H and O–H groups in total. The Morgan fingerprint density at radius 2 is 2.33 bits per heavy atom. The van der Waals surface area contributed by atoms with E-state index in [4.69, 9.17) is 10.3 Å². The Balaban J connectivity index is 2.43. The molecule has 0 amide bonds. The molecule has 0 aliphatic heterocycles. The molecule has 2 aromatic rings. The molecule has 62 valence electrons. The van der Waals surface area contributed by atoms with E-state index in [0.717, 1.165) is 15.0 Å². The number of hydrogen-bond acceptors (Lipinski definition) is 4. The van der Waals surface area contributed by atoms with Gasteiger partial charge in [0.05, 0.1) is 4.88 Å². The second-order valence-corrected chi connectivity index (χ2v) is 4.07. The molecule has 2 aromatic heterocycles. The minimum absolute atomic E-state index is 0.342. The molecule has 3 nitrogen and oxygen atoms in total. The first kappa shape index (κ1) is 7.82. The van der Waals surface area contributed by atoms with E-state index in [2.05, 4.69) is 21.1 Å². The molecule has 0 aliphatic rings. The average molecular weight is 245 g/mol. The van der Waals surface area contributed by atoms with Crippen LogP contribution in [0.1, 0.15) is 0 Å². The Bertz CT molecular complexity index is 357. The summed E-state index contributed by atoms with van der Waals surface area (Å²) >= 11 is 4.95. The zero-order chi connectivity index (χ0) is 8.55. The molecule has 0 radical (unpaired) electrons. The van der Waals surface area contributed by atoms with Crippen LogP contribution in [0, 0.1) is 0 Å². The van der Waals surface area contributed by atoms with Crippen molar-refractivity contribution in [3.05, 3.63) is 22.0 Å². The molecule has 0 bridgehead atoms. The summed E-state index contributed by atoms with van der Waals surface area (Å²) in [4.78, 5) is 1.04. The zero-order valence-corrected chi connectivity index (χ0v) is 8.35. The lowest BCUT2D eigenvalue weighted by Crippen LogP contribution is -1.75. The van der Waals surface area contributed by atoms with Crippen molar-refractivity contribution in [3.8, 4) is 10.6 Å². The summed E-state index contributed by atoms with van der Waals surface area (Å²) in [6, 6.07) is 3.68. The number of nitrogen functional groups attached to an aromatic ring is 1. The van der Waals surface area contributed by atoms with Crippen molar-refractivity contribution in [2.45, 2.75) is 0 Å². The fourth-order valence-electron chi connectivity index (χ4n) is 0.853. The second kappa shape index (κ2) is 2.91. The van der Waals surface area contributed by atoms with Crippen LogP contribution in [0.4, 0.5) is 5.88 Å². The van der Waals surface area contributed by atoms with Crippen molar-refractivity contribution in [2.24, 2.45) is 0 Å². The SMILES string of the molecule is Nc1cc(-c2cc(Br)cs2)no1. The first-order valence-electron chi connectivity index (χ1n) is 3.22. The zero-order valence-electron chi connectivity index (χ0n) is 5.95. The molecule has 0 saturated carbocycles. The van der Waals surface area contributed by atoms with Gasteiger partial charge in [0.2, 0.25) is 5.88 Å². The van der Waals surface area contributed by atoms with Gasteiger partial charge in [0.15, 0.2) is 0 Å². The molecule has 12 heavy (non-hydrogen) atoms. The molecule has 0 atom stereocenters. The highest BCUT2D eigenvalue weighted by atomic mass is 79.9. The smallest absolute Gasteiger partial charge is 0.222 e. The van der Waals surface area contributed by atoms with Crippen molar-refractivity contribution >= 4 is 33.2 Å². The fourth-order valence-corrected chi connectivity index (χ4v) is 2.23. The summed E-state index contributed by atoms with van der Waals surface area (Å²) in [7, 11) is 0. The number of nitrogens with two attached hydrogens (primary N) is 1. The van der Waals surface area contributed by atoms with Gasteiger partial charge in [0.25, 0.3) is 0 Å². The van der Waals surface area contributed by atoms with Gasteiger partial charge < -0.3 is 10.3 Å². The van der Waals surface area contributed by atoms with Gasteiger partial charge in [-0.1, -0.05) is 5.16 Å². The minimum atomic E-state index is 0.342. The highest BCUT2D eigenvalue weighted by Crippen LogP contribution is 2.29. The highest BCUT2D eigenvalue weighted by Gasteiger charge is 2.05. The van der Waals surface area contributed by atoms with Crippen molar-refractivity contribution < 1.29 is 4.52 Å². The number of hydrogen-bond donors (Lipinski definition) is 1. The topological polar surface area (TPSA) is 52.0 Å². The Hall–Kier alpha value is -0.810. The quantitative estimate of drug-likeness (QED) is 0.840. The monoisotopic (exact) mass is 244 g/mol. The number of halogens is 1. The molecule has 5 heteroatoms. The van der Waals surface area contributed by atoms with Crippen LogP contribution in [0.2, 0.25) is 0 Å². The van der Waals surface area contributed by atoms with Gasteiger partial charge in [-0.15, -0.1) is 11.3 Å². The van der Waals surface area contributed by atoms with E-state index in [0.29, 0.717) is 5.88 Å². The molecule has 2 rings (SSSR count). The molecule has 0 aromatic carbocycles. The Morgan fingerprint density at radius 1 is 1.50 bits per heavy atom. The van der Waals surface area contributed by atoms with E-state index in [9.17, 15) is 0 Å². The van der Waals surface area contributed by atoms with Gasteiger partial charge in [-0.25, -0.2) is 0 Å². The number of rotatable bonds is 1. The van der Waals surface area contributed by atoms with Gasteiger partial charge >= 0.3 is 0 Å². The van der Waals surface area contributed by atoms with Gasteiger partial charge in [-0.3, -0.25) is 0 Å². The Kier molecular flexibility index (Phi) is 1.90. The summed E-state index contributed by atoms with van der Waals surface area (Å²) in [5.74, 6) is 0.342. The van der Waals surface area contributed by atoms with E-state index in [1.165, 1.54) is 0 Å². The van der Waals surface area contributed by atoms with Crippen LogP contribution in [0.3, 0.4) is 0 Å². The maximum absolute atomic E-state index is 5.39. The fraction of sp³-hybridized carbons (Fsp3) is 0. The molecule has 0 spiro atoms. The Labute approximate surface area is 81.3 Å². The van der Waals surface area contributed by atoms with E-state index >= 15 is 0 Å². The summed E-state index contributed by atoms with van der Waals surface area (Å²) in [5, 5.41) is 5.78. The Morgan fingerprint density at radius 3 is 2.83 bits per heavy atom. The van der Waals surface area contributed by atoms with Crippen molar-refractivity contribution in [2.75, 3.05) is 5.73 Å². The molecule has 0 unspecified atom stereocenters. The number of aromatic nitrogens is 1. The van der Waals surface area contributed by atoms with E-state index in [-0.39, 0.29) is 0 Å². The molecular formula is C7H5BrN2OS. The van der Waals surface area contributed by atoms with Crippen LogP contribution in [0.5, 0.6) is 0 Å². The van der Waals surface area contributed by atoms with E-state index < -0.39 is 0 Å². The number of nitrogens with zero attached hydrogens (tertiary/aromatic N) is 1. The van der Waals surface area contributed by atoms with Gasteiger partial charge in [-0.05, 0) is 22.0 Å². The minimum Gasteiger partial charge on any atom is -0.368 e. The van der Waals surface area contributed by atoms with Crippen molar-refractivity contribution in [3.63, 3.8) is 0 Å². The van der Waals surface area contributed by atoms with Crippen LogP contribution in [-0.2, 0) is 0 Å². The summed E-state index contributed by atoms with van der Waals surface area (Å²) in [5.41, 5.74) is 6.17. The third kappa shape index (κ3) is 1.37. The maximum atomic E-state index is 5.39. The molecule has 0 aliphatic carbocycles. The lowest BCUT2D eigenvalue weighted by atomic mass is 10.3. The lowest BCUT2D eigenvalue weighted by molar-refractivity contribution is 0.439. The first-order valence-corrected chi connectivity index (χ1v) is 4.89. The first-order chi connectivity index (χ1) is 5.75. The predicted molar refractivity (Wildman–Crippen MR) is 51.9 cm³/mol. The van der Waals surface area contributed by atoms with Crippen LogP contribution in [-0.4, -0.2) is 5.16 Å². The third-order valence-electron chi connectivity index (χ3n) is 1.35. The molecule has 0 fully saturated rings. The number of thiophene rings is 1. The van der Waals surface area contributed by atoms with E-state index in [1.54, 1.807) is 17.4 Å². The summed E-state index contributed by atoms with van der Waals surface area (Å²) < 4.78 is 5.79. The predicted octanol–water partition coefficient (Wildman–Crippen LogP) is 2.75. The second-order valence-electron chi connectivity index (χ2n) is 2.24. The maximum Gasteiger partial charge on any atom is 0.222 e. The lowest BCUT2D eigenvalue weighted by Gasteiger charge is -1.82. The summed E-state index contributed by atoms with van der Waals surface area (Å²) in [6.45, 7) is 0. The third-order valence-corrected chi connectivity index (χ3v) is 3.06. The highest BCUT2D eigenvalue weighted by molar-refractivity contribution is 9.10. The van der Waals surface area contributed by atoms with Crippen LogP contribution >= 0.6 is 27.3 Å². The van der Waals surface area contributed by atoms with Crippen LogP contribution < -0.4 is 5.73 Å². The molecular weight excluding hydrogens is 240 g/mol. The molecule has 2 heterocycles. The van der Waals surface area contributed by atoms with Gasteiger partial charge in [0, 0.05) is 15.9 Å². The normalized spacial score (nSPS) is 10.4. The average Bonchev–Trinajstić information content (AvgIpc) is 2.58. The van der Waals surface area contributed by atoms with Crippen molar-refractivity contribution in [1.82, 2.24) is 5.16 Å². The van der Waals surface area contributed by atoms with Gasteiger partial charge in [-0.2, -0.15) is 0 Å². The molecule has 0 saturated heterocycles. The van der Waals surface area contributed by atoms with Gasteiger partial charge in [0.1, 0.15) is 5.69 Å². The van der Waals surface area contributed by atoms with E-state index in [1.807, 2.05) is 11.4 Å². The number of anilines is 1. The standard InChI is InChI=1S/C7H5BrN2OS/c8-4-1-6(12-3-4)5-2-7(9)11-10-5/h1-3H,9H2. The van der Waals surface area contributed by atoms with Crippen LogP contribution in [0.15, 0.2) is 26.5 Å². The van der Waals surface area contributed by atoms with Crippen LogP contribution in [0.25, 0.3) is 10.6 Å². The summed E-state index contributed by atoms with van der Waals surface area (Å²) in [6.07, 6.45) is 0. The van der Waals surface area contributed by atoms with Crippen molar-refractivity contribution in [1.29, 1.82) is 0 Å².